The summed E-state index contributed by atoms with van der Waals surface area (Å²) in [4.78, 5) is 18.4. The Morgan fingerprint density at radius 3 is 2.76 bits per heavy atom. The number of hydrogen-bond donors (Lipinski definition) is 0. The fourth-order valence-corrected chi connectivity index (χ4v) is 2.84. The number of pyridine rings is 1. The fraction of sp³-hybridized carbons (Fsp3) is 0.571. The van der Waals surface area contributed by atoms with Gasteiger partial charge in [0.25, 0.3) is 0 Å². The van der Waals surface area contributed by atoms with Crippen LogP contribution in [0.5, 0.6) is 0 Å². The van der Waals surface area contributed by atoms with E-state index in [1.807, 2.05) is 24.5 Å². The van der Waals surface area contributed by atoms with Crippen molar-refractivity contribution in [2.75, 3.05) is 6.54 Å². The highest BCUT2D eigenvalue weighted by molar-refractivity contribution is 5.82. The maximum Gasteiger partial charge on any atom is 0.226 e. The lowest BCUT2D eigenvalue weighted by molar-refractivity contribution is -0.133. The van der Waals surface area contributed by atoms with Gasteiger partial charge in [0.05, 0.1) is 6.04 Å². The van der Waals surface area contributed by atoms with E-state index in [4.69, 9.17) is 0 Å². The van der Waals surface area contributed by atoms with E-state index in [0.717, 1.165) is 25.8 Å². The summed E-state index contributed by atoms with van der Waals surface area (Å²) in [6.45, 7) is 3.09. The van der Waals surface area contributed by atoms with Crippen LogP contribution in [0, 0.1) is 11.8 Å². The van der Waals surface area contributed by atoms with Gasteiger partial charge in [-0.15, -0.1) is 0 Å². The fourth-order valence-electron chi connectivity index (χ4n) is 2.84. The van der Waals surface area contributed by atoms with Crippen LogP contribution in [0.15, 0.2) is 24.5 Å². The molecular formula is C14H18N2O. The number of amides is 1. The van der Waals surface area contributed by atoms with Gasteiger partial charge in [-0.05, 0) is 42.9 Å². The Morgan fingerprint density at radius 2 is 2.12 bits per heavy atom. The minimum absolute atomic E-state index is 0.290. The van der Waals surface area contributed by atoms with Gasteiger partial charge in [-0.3, -0.25) is 9.78 Å². The summed E-state index contributed by atoms with van der Waals surface area (Å²) in [5.41, 5.74) is 1.24. The van der Waals surface area contributed by atoms with E-state index in [2.05, 4.69) is 16.8 Å². The van der Waals surface area contributed by atoms with Crippen LogP contribution in [-0.4, -0.2) is 22.3 Å². The zero-order valence-corrected chi connectivity index (χ0v) is 10.2. The van der Waals surface area contributed by atoms with Crippen molar-refractivity contribution in [1.82, 2.24) is 9.88 Å². The minimum Gasteiger partial charge on any atom is -0.335 e. The average Bonchev–Trinajstić information content (AvgIpc) is 2.92. The number of carbonyl (C=O) groups is 1. The highest BCUT2D eigenvalue weighted by Gasteiger charge is 2.44. The van der Waals surface area contributed by atoms with Gasteiger partial charge >= 0.3 is 0 Å². The molecule has 0 N–H and O–H groups in total. The van der Waals surface area contributed by atoms with Crippen LogP contribution in [0.3, 0.4) is 0 Å². The molecule has 3 atom stereocenters. The third kappa shape index (κ3) is 1.94. The molecule has 3 nitrogen and oxygen atoms in total. The zero-order chi connectivity index (χ0) is 11.8. The second-order valence-electron chi connectivity index (χ2n) is 5.29. The molecule has 3 heteroatoms. The molecule has 2 aliphatic rings. The lowest BCUT2D eigenvalue weighted by atomic mass is 10.1. The van der Waals surface area contributed by atoms with Crippen LogP contribution in [0.1, 0.15) is 37.8 Å². The Bertz CT molecular complexity index is 417. The highest BCUT2D eigenvalue weighted by atomic mass is 16.2. The molecule has 1 amide bonds. The molecule has 3 rings (SSSR count). The first-order chi connectivity index (χ1) is 8.27. The van der Waals surface area contributed by atoms with Crippen molar-refractivity contribution in [2.24, 2.45) is 11.8 Å². The van der Waals surface area contributed by atoms with E-state index in [1.165, 1.54) is 5.56 Å². The number of carbonyl (C=O) groups excluding carboxylic acids is 1. The molecule has 1 saturated carbocycles. The number of hydrogen-bond acceptors (Lipinski definition) is 2. The number of aromatic nitrogens is 1. The predicted molar refractivity (Wildman–Crippen MR) is 65.2 cm³/mol. The second kappa shape index (κ2) is 4.13. The van der Waals surface area contributed by atoms with Gasteiger partial charge in [-0.25, -0.2) is 0 Å². The molecule has 0 aromatic carbocycles. The quantitative estimate of drug-likeness (QED) is 0.781. The van der Waals surface area contributed by atoms with Gasteiger partial charge in [0.2, 0.25) is 5.91 Å². The molecular weight excluding hydrogens is 212 g/mol. The molecule has 1 saturated heterocycles. The molecule has 90 valence electrons. The highest BCUT2D eigenvalue weighted by Crippen LogP contribution is 2.42. The summed E-state index contributed by atoms with van der Waals surface area (Å²) in [7, 11) is 0. The van der Waals surface area contributed by atoms with Gasteiger partial charge < -0.3 is 4.90 Å². The molecule has 0 bridgehead atoms. The summed E-state index contributed by atoms with van der Waals surface area (Å²) in [6.07, 6.45) is 6.93. The smallest absolute Gasteiger partial charge is 0.226 e. The Labute approximate surface area is 102 Å². The first kappa shape index (κ1) is 10.8. The van der Waals surface area contributed by atoms with Crippen LogP contribution in [0.2, 0.25) is 0 Å². The molecule has 2 heterocycles. The first-order valence-electron chi connectivity index (χ1n) is 6.48. The third-order valence-electron chi connectivity index (χ3n) is 4.05. The Hall–Kier alpha value is -1.38. The number of rotatable bonds is 2. The largest absolute Gasteiger partial charge is 0.335 e. The lowest BCUT2D eigenvalue weighted by Gasteiger charge is -2.25. The van der Waals surface area contributed by atoms with Gasteiger partial charge in [0.15, 0.2) is 0 Å². The van der Waals surface area contributed by atoms with Crippen molar-refractivity contribution >= 4 is 5.91 Å². The van der Waals surface area contributed by atoms with E-state index < -0.39 is 0 Å². The molecule has 0 radical (unpaired) electrons. The van der Waals surface area contributed by atoms with Crippen molar-refractivity contribution in [3.8, 4) is 0 Å². The summed E-state index contributed by atoms with van der Waals surface area (Å²) >= 11 is 0. The van der Waals surface area contributed by atoms with Crippen molar-refractivity contribution < 1.29 is 4.79 Å². The third-order valence-corrected chi connectivity index (χ3v) is 4.05. The Balaban J connectivity index is 1.78. The summed E-state index contributed by atoms with van der Waals surface area (Å²) < 4.78 is 0. The Morgan fingerprint density at radius 1 is 1.41 bits per heavy atom. The van der Waals surface area contributed by atoms with Gasteiger partial charge in [0, 0.05) is 24.9 Å². The number of likely N-dealkylation sites (tertiary alicyclic amines) is 1. The normalized spacial score (nSPS) is 31.6. The van der Waals surface area contributed by atoms with E-state index >= 15 is 0 Å². The van der Waals surface area contributed by atoms with Crippen LogP contribution in [0.25, 0.3) is 0 Å². The van der Waals surface area contributed by atoms with E-state index in [-0.39, 0.29) is 0 Å². The van der Waals surface area contributed by atoms with Crippen molar-refractivity contribution in [3.05, 3.63) is 30.1 Å². The maximum absolute atomic E-state index is 12.3. The van der Waals surface area contributed by atoms with E-state index in [1.54, 1.807) is 0 Å². The van der Waals surface area contributed by atoms with Gasteiger partial charge in [0.1, 0.15) is 0 Å². The molecule has 17 heavy (non-hydrogen) atoms. The van der Waals surface area contributed by atoms with Crippen LogP contribution < -0.4 is 0 Å². The maximum atomic E-state index is 12.3. The minimum atomic E-state index is 0.290. The number of nitrogens with zero attached hydrogens (tertiary/aromatic N) is 2. The standard InChI is InChI=1S/C14H18N2O/c1-10-9-12(10)14(17)16-8-2-3-13(16)11-4-6-15-7-5-11/h4-7,10,12-13H,2-3,8-9H2,1H3. The average molecular weight is 230 g/mol. The first-order valence-corrected chi connectivity index (χ1v) is 6.48. The monoisotopic (exact) mass is 230 g/mol. The van der Waals surface area contributed by atoms with Crippen molar-refractivity contribution in [1.29, 1.82) is 0 Å². The molecule has 0 spiro atoms. The van der Waals surface area contributed by atoms with E-state index in [9.17, 15) is 4.79 Å². The summed E-state index contributed by atoms with van der Waals surface area (Å²) in [6, 6.07) is 4.36. The van der Waals surface area contributed by atoms with Crippen LogP contribution >= 0.6 is 0 Å². The summed E-state index contributed by atoms with van der Waals surface area (Å²) in [5.74, 6) is 1.27. The van der Waals surface area contributed by atoms with Crippen molar-refractivity contribution in [2.45, 2.75) is 32.2 Å². The molecule has 1 aliphatic heterocycles. The van der Waals surface area contributed by atoms with E-state index in [0.29, 0.717) is 23.8 Å². The molecule has 3 unspecified atom stereocenters. The lowest BCUT2D eigenvalue weighted by Crippen LogP contribution is -2.32. The molecule has 1 aromatic rings. The topological polar surface area (TPSA) is 33.2 Å². The van der Waals surface area contributed by atoms with Crippen LogP contribution in [0.4, 0.5) is 0 Å². The summed E-state index contributed by atoms with van der Waals surface area (Å²) in [5, 5.41) is 0. The molecule has 2 fully saturated rings. The Kier molecular flexibility index (Phi) is 2.61. The second-order valence-corrected chi connectivity index (χ2v) is 5.29. The molecule has 1 aliphatic carbocycles. The SMILES string of the molecule is CC1CC1C(=O)N1CCCC1c1ccncc1. The van der Waals surface area contributed by atoms with Gasteiger partial charge in [-0.2, -0.15) is 0 Å². The molecule has 1 aromatic heterocycles. The van der Waals surface area contributed by atoms with Gasteiger partial charge in [-0.1, -0.05) is 6.92 Å². The van der Waals surface area contributed by atoms with Crippen molar-refractivity contribution in [3.63, 3.8) is 0 Å². The predicted octanol–water partition coefficient (Wildman–Crippen LogP) is 2.40. The zero-order valence-electron chi connectivity index (χ0n) is 10.2. The van der Waals surface area contributed by atoms with Crippen LogP contribution in [-0.2, 0) is 4.79 Å².